The lowest BCUT2D eigenvalue weighted by molar-refractivity contribution is 0.140. The van der Waals surface area contributed by atoms with E-state index in [-0.39, 0.29) is 0 Å². The highest BCUT2D eigenvalue weighted by molar-refractivity contribution is 8.13. The van der Waals surface area contributed by atoms with E-state index in [0.29, 0.717) is 5.17 Å². The topological polar surface area (TPSA) is 75.9 Å². The van der Waals surface area contributed by atoms with Gasteiger partial charge in [0.05, 0.1) is 5.69 Å². The number of thioether (sulfide) groups is 1. The van der Waals surface area contributed by atoms with E-state index < -0.39 is 8.80 Å². The number of nitrogens with one attached hydrogen (secondary N) is 1. The molecule has 0 fully saturated rings. The van der Waals surface area contributed by atoms with E-state index in [2.05, 4.69) is 10.3 Å². The highest BCUT2D eigenvalue weighted by Crippen LogP contribution is 2.14. The van der Waals surface area contributed by atoms with Crippen molar-refractivity contribution in [1.82, 2.24) is 5.32 Å². The largest absolute Gasteiger partial charge is 0.536 e. The molecule has 6 nitrogen and oxygen atoms in total. The Morgan fingerprint density at radius 1 is 1.20 bits per heavy atom. The van der Waals surface area contributed by atoms with Crippen molar-refractivity contribution < 1.29 is 13.3 Å². The van der Waals surface area contributed by atoms with E-state index in [4.69, 9.17) is 18.5 Å². The summed E-state index contributed by atoms with van der Waals surface area (Å²) in [6.45, 7) is 0. The van der Waals surface area contributed by atoms with E-state index in [1.165, 1.54) is 11.8 Å². The van der Waals surface area contributed by atoms with Gasteiger partial charge in [0.1, 0.15) is 0 Å². The van der Waals surface area contributed by atoms with E-state index >= 15 is 0 Å². The summed E-state index contributed by atoms with van der Waals surface area (Å²) in [5, 5.41) is 12.5. The average Bonchev–Trinajstić information content (AvgIpc) is 2.50. The fourth-order valence-electron chi connectivity index (χ4n) is 1.63. The van der Waals surface area contributed by atoms with Crippen LogP contribution < -0.4 is 10.5 Å². The third kappa shape index (κ3) is 3.81. The van der Waals surface area contributed by atoms with E-state index in [9.17, 15) is 0 Å². The molecule has 0 atom stereocenters. The molecule has 0 aliphatic rings. The zero-order chi connectivity index (χ0) is 15.0. The average molecular weight is 311 g/mol. The van der Waals surface area contributed by atoms with Crippen LogP contribution >= 0.6 is 11.8 Å². The van der Waals surface area contributed by atoms with Crippen molar-refractivity contribution in [3.8, 4) is 6.19 Å². The molecule has 1 rings (SSSR count). The molecule has 0 saturated carbocycles. The number of hydrogen-bond donors (Lipinski definition) is 1. The van der Waals surface area contributed by atoms with Crippen LogP contribution in [0.15, 0.2) is 29.3 Å². The SMILES string of the molecule is CO[Si](OC)(OC)c1ccc(N=C(NC#N)SC)cc1. The molecule has 20 heavy (non-hydrogen) atoms. The van der Waals surface area contributed by atoms with Crippen LogP contribution in [0, 0.1) is 11.5 Å². The number of nitriles is 1. The number of benzene rings is 1. The van der Waals surface area contributed by atoms with E-state index in [1.54, 1.807) is 21.3 Å². The Labute approximate surface area is 124 Å². The Balaban J connectivity index is 3.02. The van der Waals surface area contributed by atoms with Crippen LogP contribution in [0.2, 0.25) is 0 Å². The first kappa shape index (κ1) is 16.7. The lowest BCUT2D eigenvalue weighted by Crippen LogP contribution is -2.54. The molecule has 0 unspecified atom stereocenters. The molecule has 0 heterocycles. The van der Waals surface area contributed by atoms with Crippen LogP contribution in [0.5, 0.6) is 0 Å². The number of amidine groups is 1. The quantitative estimate of drug-likeness (QED) is 0.289. The Bertz CT molecular complexity index is 489. The van der Waals surface area contributed by atoms with Gasteiger partial charge in [0.25, 0.3) is 0 Å². The van der Waals surface area contributed by atoms with Crippen LogP contribution in [0.4, 0.5) is 5.69 Å². The first-order valence-electron chi connectivity index (χ1n) is 5.69. The molecule has 0 amide bonds. The minimum atomic E-state index is -2.80. The Morgan fingerprint density at radius 2 is 1.75 bits per heavy atom. The second-order valence-corrected chi connectivity index (χ2v) is 7.28. The van der Waals surface area contributed by atoms with Crippen LogP contribution in [-0.4, -0.2) is 41.6 Å². The minimum Gasteiger partial charge on any atom is -0.373 e. The fraction of sp³-hybridized carbons (Fsp3) is 0.333. The predicted octanol–water partition coefficient (Wildman–Crippen LogP) is 1.19. The summed E-state index contributed by atoms with van der Waals surface area (Å²) in [6, 6.07) is 7.35. The molecule has 0 spiro atoms. The van der Waals surface area contributed by atoms with E-state index in [0.717, 1.165) is 10.9 Å². The lowest BCUT2D eigenvalue weighted by Gasteiger charge is -2.24. The molecule has 0 aromatic heterocycles. The highest BCUT2D eigenvalue weighted by Gasteiger charge is 2.40. The standard InChI is InChI=1S/C12H17N3O3SSi/c1-16-20(17-2,18-3)11-7-5-10(6-8-11)15-12(19-4)14-9-13/h5-8H,1-4H3,(H,14,15). The van der Waals surface area contributed by atoms with Gasteiger partial charge in [-0.2, -0.15) is 5.26 Å². The van der Waals surface area contributed by atoms with Crippen molar-refractivity contribution >= 4 is 36.6 Å². The maximum absolute atomic E-state index is 8.59. The molecule has 1 aromatic rings. The van der Waals surface area contributed by atoms with Crippen LogP contribution in [-0.2, 0) is 13.3 Å². The Morgan fingerprint density at radius 3 is 2.15 bits per heavy atom. The molecular weight excluding hydrogens is 294 g/mol. The van der Waals surface area contributed by atoms with Crippen LogP contribution in [0.3, 0.4) is 0 Å². The molecule has 0 aliphatic carbocycles. The number of hydrogen-bond acceptors (Lipinski definition) is 6. The van der Waals surface area contributed by atoms with Gasteiger partial charge in [-0.1, -0.05) is 23.9 Å². The number of rotatable bonds is 5. The van der Waals surface area contributed by atoms with Gasteiger partial charge >= 0.3 is 8.80 Å². The zero-order valence-electron chi connectivity index (χ0n) is 11.8. The predicted molar refractivity (Wildman–Crippen MR) is 82.2 cm³/mol. The van der Waals surface area contributed by atoms with Gasteiger partial charge in [0.15, 0.2) is 11.4 Å². The van der Waals surface area contributed by atoms with Crippen LogP contribution in [0.1, 0.15) is 0 Å². The second kappa shape index (κ2) is 8.03. The maximum atomic E-state index is 8.59. The monoisotopic (exact) mass is 311 g/mol. The molecule has 0 saturated heterocycles. The van der Waals surface area contributed by atoms with Gasteiger partial charge in [-0.3, -0.25) is 5.32 Å². The van der Waals surface area contributed by atoms with Crippen molar-refractivity contribution in [1.29, 1.82) is 5.26 Å². The Hall–Kier alpha value is -1.37. The summed E-state index contributed by atoms with van der Waals surface area (Å²) in [5.74, 6) is 0. The molecule has 1 aromatic carbocycles. The molecule has 0 radical (unpaired) electrons. The van der Waals surface area contributed by atoms with Gasteiger partial charge in [0.2, 0.25) is 0 Å². The van der Waals surface area contributed by atoms with Crippen molar-refractivity contribution in [2.75, 3.05) is 27.6 Å². The molecule has 8 heteroatoms. The third-order valence-corrected chi connectivity index (χ3v) is 5.85. The van der Waals surface area contributed by atoms with Gasteiger partial charge in [0, 0.05) is 26.5 Å². The van der Waals surface area contributed by atoms with Crippen molar-refractivity contribution in [3.63, 3.8) is 0 Å². The summed E-state index contributed by atoms with van der Waals surface area (Å²) in [5.41, 5.74) is 0.729. The first-order chi connectivity index (χ1) is 9.65. The zero-order valence-corrected chi connectivity index (χ0v) is 13.7. The Kier molecular flexibility index (Phi) is 6.70. The second-order valence-electron chi connectivity index (χ2n) is 3.57. The van der Waals surface area contributed by atoms with Crippen molar-refractivity contribution in [3.05, 3.63) is 24.3 Å². The van der Waals surface area contributed by atoms with Crippen LogP contribution in [0.25, 0.3) is 0 Å². The maximum Gasteiger partial charge on any atom is 0.536 e. The summed E-state index contributed by atoms with van der Waals surface area (Å²) in [6.07, 6.45) is 3.69. The number of aliphatic imine (C=N–C) groups is 1. The fourth-order valence-corrected chi connectivity index (χ4v) is 3.76. The highest BCUT2D eigenvalue weighted by atomic mass is 32.2. The smallest absolute Gasteiger partial charge is 0.373 e. The van der Waals surface area contributed by atoms with E-state index in [1.807, 2.05) is 36.7 Å². The summed E-state index contributed by atoms with van der Waals surface area (Å²) < 4.78 is 16.2. The van der Waals surface area contributed by atoms with Crippen molar-refractivity contribution in [2.45, 2.75) is 0 Å². The molecule has 0 aliphatic heterocycles. The van der Waals surface area contributed by atoms with Gasteiger partial charge in [-0.25, -0.2) is 4.99 Å². The molecule has 0 bridgehead atoms. The lowest BCUT2D eigenvalue weighted by atomic mass is 10.3. The minimum absolute atomic E-state index is 0.536. The normalized spacial score (nSPS) is 12.1. The summed E-state index contributed by atoms with van der Waals surface area (Å²) in [7, 11) is 1.89. The summed E-state index contributed by atoms with van der Waals surface area (Å²) in [4.78, 5) is 4.31. The van der Waals surface area contributed by atoms with Gasteiger partial charge < -0.3 is 13.3 Å². The number of nitrogens with zero attached hydrogens (tertiary/aromatic N) is 2. The molecule has 108 valence electrons. The molecular formula is C12H17N3O3SSi. The first-order valence-corrected chi connectivity index (χ1v) is 8.64. The van der Waals surface area contributed by atoms with Gasteiger partial charge in [-0.15, -0.1) is 0 Å². The van der Waals surface area contributed by atoms with Gasteiger partial charge in [-0.05, 0) is 18.4 Å². The summed E-state index contributed by atoms with van der Waals surface area (Å²) >= 11 is 1.36. The molecule has 1 N–H and O–H groups in total. The van der Waals surface area contributed by atoms with Crippen molar-refractivity contribution in [2.24, 2.45) is 4.99 Å². The third-order valence-electron chi connectivity index (χ3n) is 2.61.